The molecule has 2 atom stereocenters. The van der Waals surface area contributed by atoms with Gasteiger partial charge in [-0.3, -0.25) is 0 Å². The first-order valence-corrected chi connectivity index (χ1v) is 3.66. The minimum atomic E-state index is -6.42. The summed E-state index contributed by atoms with van der Waals surface area (Å²) in [6, 6.07) is 0. The smallest absolute Gasteiger partial charge is 0.380 e. The quantitative estimate of drug-likeness (QED) is 0.586. The average molecular weight is 246 g/mol. The van der Waals surface area contributed by atoms with Crippen molar-refractivity contribution in [3.05, 3.63) is 0 Å². The predicted molar refractivity (Wildman–Crippen MR) is 36.3 cm³/mol. The van der Waals surface area contributed by atoms with E-state index in [4.69, 9.17) is 5.11 Å². The Kier molecular flexibility index (Phi) is 3.18. The number of halogens is 7. The van der Waals surface area contributed by atoms with Gasteiger partial charge in [0.05, 0.1) is 0 Å². The lowest BCUT2D eigenvalue weighted by Gasteiger charge is -2.35. The van der Waals surface area contributed by atoms with E-state index in [-0.39, 0.29) is 6.92 Å². The third-order valence-corrected chi connectivity index (χ3v) is 1.75. The average Bonchev–Trinajstić information content (AvgIpc) is 1.81. The van der Waals surface area contributed by atoms with Gasteiger partial charge in [-0.15, -0.1) is 0 Å². The summed E-state index contributed by atoms with van der Waals surface area (Å²) in [6.07, 6.45) is -6.42. The van der Waals surface area contributed by atoms with Crippen molar-refractivity contribution < 1.29 is 35.8 Å². The van der Waals surface area contributed by atoms with Crippen LogP contribution in [0.3, 0.4) is 0 Å². The molecule has 1 nitrogen and oxygen atoms in total. The highest BCUT2D eigenvalue weighted by atomic mass is 31.0. The highest BCUT2D eigenvalue weighted by molar-refractivity contribution is 7.18. The van der Waals surface area contributed by atoms with Crippen LogP contribution >= 0.6 is 9.24 Å². The standard InChI is InChI=1S/C5H6F7OP/c1-2(13,14)3(6,7)4(8,9)5(10,11)12/h13H,14H2,1H3. The fourth-order valence-electron chi connectivity index (χ4n) is 0.496. The lowest BCUT2D eigenvalue weighted by atomic mass is 10.1. The van der Waals surface area contributed by atoms with E-state index in [2.05, 4.69) is 0 Å². The summed E-state index contributed by atoms with van der Waals surface area (Å²) < 4.78 is 83.8. The van der Waals surface area contributed by atoms with Gasteiger partial charge in [0.25, 0.3) is 0 Å². The molecule has 0 amide bonds. The molecule has 0 bridgehead atoms. The van der Waals surface area contributed by atoms with Crippen molar-refractivity contribution in [1.82, 2.24) is 0 Å². The Hall–Kier alpha value is -0.100. The highest BCUT2D eigenvalue weighted by Crippen LogP contribution is 2.52. The maximum atomic E-state index is 12.5. The van der Waals surface area contributed by atoms with Crippen LogP contribution in [-0.4, -0.2) is 28.5 Å². The largest absolute Gasteiger partial charge is 0.460 e. The van der Waals surface area contributed by atoms with Gasteiger partial charge in [-0.1, -0.05) is 9.24 Å². The number of hydrogen-bond donors (Lipinski definition) is 1. The molecule has 0 aliphatic heterocycles. The number of aliphatic hydroxyl groups is 1. The molecule has 0 saturated carbocycles. The predicted octanol–water partition coefficient (Wildman–Crippen LogP) is 2.40. The van der Waals surface area contributed by atoms with Crippen LogP contribution in [0, 0.1) is 0 Å². The monoisotopic (exact) mass is 246 g/mol. The van der Waals surface area contributed by atoms with Crippen molar-refractivity contribution in [1.29, 1.82) is 0 Å². The van der Waals surface area contributed by atoms with Crippen LogP contribution in [0.15, 0.2) is 0 Å². The first kappa shape index (κ1) is 13.9. The molecule has 0 fully saturated rings. The molecule has 0 spiro atoms. The van der Waals surface area contributed by atoms with Crippen LogP contribution < -0.4 is 0 Å². The Morgan fingerprint density at radius 3 is 1.21 bits per heavy atom. The lowest BCUT2D eigenvalue weighted by Crippen LogP contribution is -2.60. The maximum absolute atomic E-state index is 12.5. The Morgan fingerprint density at radius 2 is 1.14 bits per heavy atom. The normalized spacial score (nSPS) is 19.3. The minimum Gasteiger partial charge on any atom is -0.380 e. The van der Waals surface area contributed by atoms with E-state index in [0.29, 0.717) is 0 Å². The molecular weight excluding hydrogens is 240 g/mol. The zero-order valence-corrected chi connectivity index (χ0v) is 7.83. The van der Waals surface area contributed by atoms with Gasteiger partial charge in [-0.05, 0) is 6.92 Å². The minimum absolute atomic E-state index is 0.136. The van der Waals surface area contributed by atoms with E-state index >= 15 is 0 Å². The maximum Gasteiger partial charge on any atom is 0.460 e. The molecule has 0 aromatic heterocycles. The zero-order chi connectivity index (χ0) is 12.0. The van der Waals surface area contributed by atoms with E-state index in [1.165, 1.54) is 0 Å². The molecule has 0 heterocycles. The summed E-state index contributed by atoms with van der Waals surface area (Å²) in [5.74, 6) is -11.9. The van der Waals surface area contributed by atoms with Crippen LogP contribution in [0.1, 0.15) is 6.92 Å². The van der Waals surface area contributed by atoms with E-state index in [0.717, 1.165) is 9.24 Å². The SMILES string of the molecule is CC(O)(P)C(F)(F)C(F)(F)C(F)(F)F. The first-order valence-electron chi connectivity index (χ1n) is 3.09. The van der Waals surface area contributed by atoms with Crippen LogP contribution in [0.2, 0.25) is 0 Å². The van der Waals surface area contributed by atoms with Gasteiger partial charge in [-0.2, -0.15) is 30.7 Å². The Bertz CT molecular complexity index is 191. The topological polar surface area (TPSA) is 20.2 Å². The molecule has 0 saturated heterocycles. The third-order valence-electron chi connectivity index (χ3n) is 1.39. The van der Waals surface area contributed by atoms with Gasteiger partial charge in [0, 0.05) is 0 Å². The second kappa shape index (κ2) is 3.20. The van der Waals surface area contributed by atoms with E-state index in [1.54, 1.807) is 0 Å². The highest BCUT2D eigenvalue weighted by Gasteiger charge is 2.77. The number of rotatable bonds is 2. The summed E-state index contributed by atoms with van der Waals surface area (Å²) in [5, 5.41) is 4.93. The summed E-state index contributed by atoms with van der Waals surface area (Å²) in [6.45, 7) is 0.136. The molecule has 14 heavy (non-hydrogen) atoms. The second-order valence-electron chi connectivity index (χ2n) is 2.79. The van der Waals surface area contributed by atoms with E-state index < -0.39 is 23.4 Å². The molecule has 2 unspecified atom stereocenters. The van der Waals surface area contributed by atoms with Crippen LogP contribution in [0.25, 0.3) is 0 Å². The van der Waals surface area contributed by atoms with Crippen molar-refractivity contribution in [2.45, 2.75) is 30.3 Å². The Morgan fingerprint density at radius 1 is 0.857 bits per heavy atom. The Balaban J connectivity index is 5.30. The summed E-state index contributed by atoms with van der Waals surface area (Å²) in [5.41, 5.74) is 0. The van der Waals surface area contributed by atoms with Crippen LogP contribution in [-0.2, 0) is 0 Å². The molecule has 0 aliphatic rings. The number of hydrogen-bond acceptors (Lipinski definition) is 1. The lowest BCUT2D eigenvalue weighted by molar-refractivity contribution is -0.374. The van der Waals surface area contributed by atoms with Gasteiger partial charge in [0.1, 0.15) is 5.34 Å². The molecule has 1 N–H and O–H groups in total. The molecule has 0 aromatic rings. The summed E-state index contributed by atoms with van der Waals surface area (Å²) in [7, 11) is 0.831. The van der Waals surface area contributed by atoms with Gasteiger partial charge in [0.15, 0.2) is 0 Å². The molecule has 0 aliphatic carbocycles. The van der Waals surface area contributed by atoms with E-state index in [1.807, 2.05) is 0 Å². The molecule has 0 aromatic carbocycles. The van der Waals surface area contributed by atoms with Crippen molar-refractivity contribution in [3.63, 3.8) is 0 Å². The van der Waals surface area contributed by atoms with Crippen molar-refractivity contribution in [3.8, 4) is 0 Å². The fraction of sp³-hybridized carbons (Fsp3) is 1.00. The van der Waals surface area contributed by atoms with Crippen LogP contribution in [0.5, 0.6) is 0 Å². The summed E-state index contributed by atoms with van der Waals surface area (Å²) >= 11 is 0. The van der Waals surface area contributed by atoms with Gasteiger partial charge >= 0.3 is 18.0 Å². The zero-order valence-electron chi connectivity index (χ0n) is 6.67. The van der Waals surface area contributed by atoms with E-state index in [9.17, 15) is 30.7 Å². The molecule has 9 heteroatoms. The van der Waals surface area contributed by atoms with Gasteiger partial charge in [0.2, 0.25) is 0 Å². The van der Waals surface area contributed by atoms with Crippen molar-refractivity contribution in [2.24, 2.45) is 0 Å². The van der Waals surface area contributed by atoms with Gasteiger partial charge in [-0.25, -0.2) is 0 Å². The summed E-state index contributed by atoms with van der Waals surface area (Å²) in [4.78, 5) is 0. The first-order chi connectivity index (χ1) is 5.75. The Labute approximate surface area is 76.5 Å². The molecule has 0 radical (unpaired) electrons. The number of alkyl halides is 7. The van der Waals surface area contributed by atoms with Crippen molar-refractivity contribution in [2.75, 3.05) is 0 Å². The molecule has 86 valence electrons. The molecular formula is C5H6F7OP. The fourth-order valence-corrected chi connectivity index (χ4v) is 0.677. The van der Waals surface area contributed by atoms with Gasteiger partial charge < -0.3 is 5.11 Å². The molecule has 0 rings (SSSR count). The second-order valence-corrected chi connectivity index (χ2v) is 3.92. The van der Waals surface area contributed by atoms with Crippen molar-refractivity contribution >= 4 is 9.24 Å². The van der Waals surface area contributed by atoms with Crippen LogP contribution in [0.4, 0.5) is 30.7 Å². The third kappa shape index (κ3) is 1.95.